The molecule has 0 fully saturated rings. The Morgan fingerprint density at radius 2 is 1.74 bits per heavy atom. The van der Waals surface area contributed by atoms with Gasteiger partial charge in [-0.3, -0.25) is 4.79 Å². The first-order valence-electron chi connectivity index (χ1n) is 8.21. The van der Waals surface area contributed by atoms with E-state index in [4.69, 9.17) is 0 Å². The highest BCUT2D eigenvalue weighted by atomic mass is 79.9. The molecule has 0 spiro atoms. The number of rotatable bonds is 6. The lowest BCUT2D eigenvalue weighted by atomic mass is 10.1. The molecule has 0 atom stereocenters. The first kappa shape index (κ1) is 20.0. The van der Waals surface area contributed by atoms with Crippen LogP contribution in [-0.2, 0) is 21.4 Å². The molecule has 0 N–H and O–H groups in total. The molecule has 142 valence electrons. The molecule has 0 unspecified atom stereocenters. The summed E-state index contributed by atoms with van der Waals surface area (Å²) in [4.78, 5) is 15.2. The van der Waals surface area contributed by atoms with Gasteiger partial charge in [-0.1, -0.05) is 30.3 Å². The maximum absolute atomic E-state index is 12.8. The van der Waals surface area contributed by atoms with E-state index in [1.54, 1.807) is 36.6 Å². The Bertz CT molecular complexity index is 1080. The second-order valence-electron chi connectivity index (χ2n) is 6.23. The molecule has 0 aliphatic heterocycles. The predicted molar refractivity (Wildman–Crippen MR) is 112 cm³/mol. The zero-order valence-corrected chi connectivity index (χ0v) is 18.1. The minimum Gasteiger partial charge on any atom is -0.339 e. The Kier molecular flexibility index (Phi) is 6.00. The summed E-state index contributed by atoms with van der Waals surface area (Å²) in [5, 5.41) is 1.82. The van der Waals surface area contributed by atoms with Crippen LogP contribution >= 0.6 is 27.3 Å². The highest BCUT2D eigenvalue weighted by molar-refractivity contribution is 9.11. The van der Waals surface area contributed by atoms with Crippen molar-refractivity contribution in [1.29, 1.82) is 0 Å². The Morgan fingerprint density at radius 1 is 1.04 bits per heavy atom. The molecule has 1 amide bonds. The van der Waals surface area contributed by atoms with E-state index in [1.165, 1.54) is 11.9 Å². The van der Waals surface area contributed by atoms with Gasteiger partial charge < -0.3 is 4.90 Å². The number of sulfonamides is 1. The Morgan fingerprint density at radius 3 is 2.41 bits per heavy atom. The van der Waals surface area contributed by atoms with E-state index in [-0.39, 0.29) is 17.3 Å². The van der Waals surface area contributed by atoms with Gasteiger partial charge >= 0.3 is 0 Å². The lowest BCUT2D eigenvalue weighted by Crippen LogP contribution is -2.39. The quantitative estimate of drug-likeness (QED) is 0.552. The topological polar surface area (TPSA) is 57.7 Å². The molecule has 1 aromatic heterocycles. The summed E-state index contributed by atoms with van der Waals surface area (Å²) < 4.78 is 27.8. The number of benzene rings is 2. The molecule has 3 rings (SSSR count). The first-order chi connectivity index (χ1) is 12.8. The normalized spacial score (nSPS) is 11.9. The molecule has 0 aliphatic carbocycles. The van der Waals surface area contributed by atoms with E-state index in [0.717, 1.165) is 23.7 Å². The maximum atomic E-state index is 12.8. The summed E-state index contributed by atoms with van der Waals surface area (Å²) in [7, 11) is -0.645. The second kappa shape index (κ2) is 8.10. The van der Waals surface area contributed by atoms with Crippen molar-refractivity contribution >= 4 is 54.0 Å². The molecular weight excluding hydrogens is 448 g/mol. The average molecular weight is 467 g/mol. The molecule has 5 nitrogen and oxygen atoms in total. The molecule has 1 heterocycles. The van der Waals surface area contributed by atoms with E-state index in [9.17, 15) is 13.2 Å². The maximum Gasteiger partial charge on any atom is 0.243 e. The van der Waals surface area contributed by atoms with Gasteiger partial charge in [-0.15, -0.1) is 11.3 Å². The number of carbonyl (C=O) groups is 1. The fraction of sp³-hybridized carbons (Fsp3) is 0.211. The minimum absolute atomic E-state index is 0.182. The average Bonchev–Trinajstić information content (AvgIpc) is 3.05. The first-order valence-corrected chi connectivity index (χ1v) is 11.3. The van der Waals surface area contributed by atoms with Crippen LogP contribution in [0.15, 0.2) is 63.3 Å². The van der Waals surface area contributed by atoms with Crippen LogP contribution in [0.5, 0.6) is 0 Å². The standard InChI is InChI=1S/C19H19BrN2O3S2/c1-21(12-16-8-10-18(20)26-16)19(23)13-22(2)27(24,25)17-9-7-14-5-3-4-6-15(14)11-17/h3-11H,12-13H2,1-2H3. The third-order valence-corrected chi connectivity index (χ3v) is 7.64. The van der Waals surface area contributed by atoms with Crippen LogP contribution in [0.2, 0.25) is 0 Å². The van der Waals surface area contributed by atoms with Crippen LogP contribution in [0.3, 0.4) is 0 Å². The smallest absolute Gasteiger partial charge is 0.243 e. The van der Waals surface area contributed by atoms with Crippen LogP contribution in [0.4, 0.5) is 0 Å². The second-order valence-corrected chi connectivity index (χ2v) is 10.8. The van der Waals surface area contributed by atoms with Gasteiger partial charge in [0, 0.05) is 19.0 Å². The van der Waals surface area contributed by atoms with Crippen molar-refractivity contribution in [3.8, 4) is 0 Å². The van der Waals surface area contributed by atoms with E-state index < -0.39 is 10.0 Å². The van der Waals surface area contributed by atoms with Gasteiger partial charge in [0.1, 0.15) is 0 Å². The lowest BCUT2D eigenvalue weighted by Gasteiger charge is -2.21. The van der Waals surface area contributed by atoms with Crippen LogP contribution < -0.4 is 0 Å². The van der Waals surface area contributed by atoms with Crippen molar-refractivity contribution in [3.05, 3.63) is 63.3 Å². The third-order valence-electron chi connectivity index (χ3n) is 4.23. The summed E-state index contributed by atoms with van der Waals surface area (Å²) in [5.74, 6) is -0.258. The van der Waals surface area contributed by atoms with Crippen LogP contribution in [0.25, 0.3) is 10.8 Å². The zero-order valence-electron chi connectivity index (χ0n) is 14.9. The molecule has 0 saturated carbocycles. The number of thiophene rings is 1. The molecule has 0 radical (unpaired) electrons. The highest BCUT2D eigenvalue weighted by Gasteiger charge is 2.24. The van der Waals surface area contributed by atoms with Gasteiger partial charge in [0.25, 0.3) is 0 Å². The summed E-state index contributed by atoms with van der Waals surface area (Å²) in [6.07, 6.45) is 0. The summed E-state index contributed by atoms with van der Waals surface area (Å²) in [5.41, 5.74) is 0. The zero-order chi connectivity index (χ0) is 19.6. The van der Waals surface area contributed by atoms with Gasteiger partial charge in [0.15, 0.2) is 0 Å². The molecule has 8 heteroatoms. The third kappa shape index (κ3) is 4.57. The van der Waals surface area contributed by atoms with Gasteiger partial charge in [-0.25, -0.2) is 8.42 Å². The summed E-state index contributed by atoms with van der Waals surface area (Å²) >= 11 is 4.94. The number of fused-ring (bicyclic) bond motifs is 1. The Balaban J connectivity index is 1.72. The molecule has 0 aliphatic rings. The van der Waals surface area contributed by atoms with Gasteiger partial charge in [-0.05, 0) is 51.0 Å². The van der Waals surface area contributed by atoms with Crippen LogP contribution in [-0.4, -0.2) is 44.2 Å². The largest absolute Gasteiger partial charge is 0.339 e. The fourth-order valence-electron chi connectivity index (χ4n) is 2.66. The molecule has 2 aromatic carbocycles. The molecule has 0 saturated heterocycles. The Hall–Kier alpha value is -1.74. The van der Waals surface area contributed by atoms with Crippen molar-refractivity contribution in [1.82, 2.24) is 9.21 Å². The monoisotopic (exact) mass is 466 g/mol. The summed E-state index contributed by atoms with van der Waals surface area (Å²) in [6.45, 7) is 0.233. The summed E-state index contributed by atoms with van der Waals surface area (Å²) in [6, 6.07) is 16.4. The van der Waals surface area contributed by atoms with Gasteiger partial charge in [0.2, 0.25) is 15.9 Å². The van der Waals surface area contributed by atoms with Crippen LogP contribution in [0, 0.1) is 0 Å². The van der Waals surface area contributed by atoms with E-state index in [2.05, 4.69) is 15.9 Å². The number of hydrogen-bond acceptors (Lipinski definition) is 4. The predicted octanol–water partition coefficient (Wildman–Crippen LogP) is 3.94. The minimum atomic E-state index is -3.75. The molecule has 0 bridgehead atoms. The van der Waals surface area contributed by atoms with Crippen molar-refractivity contribution in [2.45, 2.75) is 11.4 Å². The molecular formula is C19H19BrN2O3S2. The van der Waals surface area contributed by atoms with Crippen molar-refractivity contribution in [3.63, 3.8) is 0 Å². The number of likely N-dealkylation sites (N-methyl/N-ethyl adjacent to an activating group) is 2. The number of amides is 1. The van der Waals surface area contributed by atoms with E-state index in [1.807, 2.05) is 36.4 Å². The lowest BCUT2D eigenvalue weighted by molar-refractivity contribution is -0.130. The number of nitrogens with zero attached hydrogens (tertiary/aromatic N) is 2. The SMILES string of the molecule is CN(Cc1ccc(Br)s1)C(=O)CN(C)S(=O)(=O)c1ccc2ccccc2c1. The van der Waals surface area contributed by atoms with Crippen molar-refractivity contribution in [2.24, 2.45) is 0 Å². The Labute approximate surface area is 171 Å². The molecule has 27 heavy (non-hydrogen) atoms. The van der Waals surface area contributed by atoms with Crippen molar-refractivity contribution in [2.75, 3.05) is 20.6 Å². The molecule has 3 aromatic rings. The van der Waals surface area contributed by atoms with E-state index >= 15 is 0 Å². The highest BCUT2D eigenvalue weighted by Crippen LogP contribution is 2.24. The van der Waals surface area contributed by atoms with Crippen LogP contribution in [0.1, 0.15) is 4.88 Å². The van der Waals surface area contributed by atoms with Crippen molar-refractivity contribution < 1.29 is 13.2 Å². The van der Waals surface area contributed by atoms with E-state index in [0.29, 0.717) is 6.54 Å². The van der Waals surface area contributed by atoms with Gasteiger partial charge in [0.05, 0.1) is 21.8 Å². The number of carbonyl (C=O) groups excluding carboxylic acids is 1. The fourth-order valence-corrected chi connectivity index (χ4v) is 5.36. The number of hydrogen-bond donors (Lipinski definition) is 0. The van der Waals surface area contributed by atoms with Gasteiger partial charge in [-0.2, -0.15) is 4.31 Å². The number of halogens is 1.